The van der Waals surface area contributed by atoms with Gasteiger partial charge in [0.1, 0.15) is 5.01 Å². The summed E-state index contributed by atoms with van der Waals surface area (Å²) in [4.78, 5) is 18.2. The van der Waals surface area contributed by atoms with E-state index in [1.165, 1.54) is 0 Å². The fraction of sp³-hybridized carbons (Fsp3) is 0.0909. The number of fused-ring (bicyclic) bond motifs is 1. The third kappa shape index (κ3) is 3.37. The Bertz CT molecular complexity index is 1070. The van der Waals surface area contributed by atoms with E-state index in [2.05, 4.69) is 22.4 Å². The zero-order chi connectivity index (χ0) is 17.9. The van der Waals surface area contributed by atoms with Gasteiger partial charge in [0.15, 0.2) is 0 Å². The third-order valence-electron chi connectivity index (χ3n) is 4.33. The van der Waals surface area contributed by atoms with Crippen LogP contribution in [0, 0.1) is 6.92 Å². The van der Waals surface area contributed by atoms with Crippen LogP contribution in [0.5, 0.6) is 0 Å². The molecule has 0 saturated carbocycles. The summed E-state index contributed by atoms with van der Waals surface area (Å²) >= 11 is 1.63. The van der Waals surface area contributed by atoms with Crippen LogP contribution in [0.25, 0.3) is 21.3 Å². The number of carbonyl (C=O) groups is 1. The summed E-state index contributed by atoms with van der Waals surface area (Å²) in [6.45, 7) is 2.47. The quantitative estimate of drug-likeness (QED) is 0.545. The van der Waals surface area contributed by atoms with Gasteiger partial charge in [-0.2, -0.15) is 0 Å². The molecule has 0 radical (unpaired) electrons. The van der Waals surface area contributed by atoms with Crippen molar-refractivity contribution in [2.75, 3.05) is 0 Å². The summed E-state index contributed by atoms with van der Waals surface area (Å²) in [5, 5.41) is 6.21. The van der Waals surface area contributed by atoms with Gasteiger partial charge in [-0.3, -0.25) is 4.79 Å². The van der Waals surface area contributed by atoms with E-state index in [1.807, 2.05) is 67.6 Å². The molecule has 3 nitrogen and oxygen atoms in total. The molecule has 128 valence electrons. The molecule has 4 rings (SSSR count). The Kier molecular flexibility index (Phi) is 4.50. The van der Waals surface area contributed by atoms with Crippen molar-refractivity contribution < 1.29 is 4.79 Å². The fourth-order valence-corrected chi connectivity index (χ4v) is 3.90. The molecule has 0 fully saturated rings. The topological polar surface area (TPSA) is 42.0 Å². The standard InChI is InChI=1S/C22H18N2OS/c1-15-20(26-22(24-15)17-8-3-2-4-9-17)14-23-21(25)19-12-11-16-7-5-6-10-18(16)13-19/h2-13H,14H2,1H3,(H,23,25). The van der Waals surface area contributed by atoms with Crippen molar-refractivity contribution >= 4 is 28.0 Å². The monoisotopic (exact) mass is 358 g/mol. The van der Waals surface area contributed by atoms with Gasteiger partial charge >= 0.3 is 0 Å². The number of aryl methyl sites for hydroxylation is 1. The minimum Gasteiger partial charge on any atom is -0.347 e. The maximum Gasteiger partial charge on any atom is 0.251 e. The van der Waals surface area contributed by atoms with Crippen LogP contribution in [0.2, 0.25) is 0 Å². The number of nitrogens with one attached hydrogen (secondary N) is 1. The van der Waals surface area contributed by atoms with Crippen molar-refractivity contribution in [3.63, 3.8) is 0 Å². The molecule has 1 aromatic heterocycles. The first-order chi connectivity index (χ1) is 12.7. The largest absolute Gasteiger partial charge is 0.347 e. The van der Waals surface area contributed by atoms with E-state index in [0.717, 1.165) is 31.9 Å². The van der Waals surface area contributed by atoms with Gasteiger partial charge in [-0.1, -0.05) is 60.7 Å². The minimum absolute atomic E-state index is 0.0650. The first-order valence-corrected chi connectivity index (χ1v) is 9.31. The minimum atomic E-state index is -0.0650. The Balaban J connectivity index is 1.49. The van der Waals surface area contributed by atoms with Crippen LogP contribution >= 0.6 is 11.3 Å². The van der Waals surface area contributed by atoms with Gasteiger partial charge in [-0.05, 0) is 29.8 Å². The lowest BCUT2D eigenvalue weighted by Gasteiger charge is -2.05. The van der Waals surface area contributed by atoms with Crippen LogP contribution in [-0.4, -0.2) is 10.9 Å². The van der Waals surface area contributed by atoms with Gasteiger partial charge in [0.05, 0.1) is 12.2 Å². The molecule has 0 aliphatic carbocycles. The number of benzene rings is 3. The van der Waals surface area contributed by atoms with E-state index < -0.39 is 0 Å². The molecule has 1 heterocycles. The van der Waals surface area contributed by atoms with Crippen molar-refractivity contribution in [1.29, 1.82) is 0 Å². The molecule has 0 saturated heterocycles. The molecule has 0 atom stereocenters. The second-order valence-electron chi connectivity index (χ2n) is 6.14. The van der Waals surface area contributed by atoms with Gasteiger partial charge < -0.3 is 5.32 Å². The Morgan fingerprint density at radius 2 is 1.69 bits per heavy atom. The van der Waals surface area contributed by atoms with Gasteiger partial charge in [0.25, 0.3) is 5.91 Å². The number of hydrogen-bond donors (Lipinski definition) is 1. The lowest BCUT2D eigenvalue weighted by Crippen LogP contribution is -2.22. The average molecular weight is 358 g/mol. The number of carbonyl (C=O) groups excluding carboxylic acids is 1. The number of aromatic nitrogens is 1. The SMILES string of the molecule is Cc1nc(-c2ccccc2)sc1CNC(=O)c1ccc2ccccc2c1. The third-order valence-corrected chi connectivity index (χ3v) is 5.54. The number of amides is 1. The van der Waals surface area contributed by atoms with E-state index in [-0.39, 0.29) is 5.91 Å². The molecule has 1 amide bonds. The van der Waals surface area contributed by atoms with E-state index in [4.69, 9.17) is 0 Å². The molecule has 3 aromatic carbocycles. The van der Waals surface area contributed by atoms with Gasteiger partial charge in [0, 0.05) is 16.0 Å². The van der Waals surface area contributed by atoms with Gasteiger partial charge in [-0.25, -0.2) is 4.98 Å². The second-order valence-corrected chi connectivity index (χ2v) is 7.22. The maximum absolute atomic E-state index is 12.5. The first kappa shape index (κ1) is 16.5. The summed E-state index contributed by atoms with van der Waals surface area (Å²) in [7, 11) is 0. The summed E-state index contributed by atoms with van der Waals surface area (Å²) in [6.07, 6.45) is 0. The van der Waals surface area contributed by atoms with Gasteiger partial charge in [0.2, 0.25) is 0 Å². The Hall–Kier alpha value is -2.98. The molecule has 26 heavy (non-hydrogen) atoms. The molecule has 0 spiro atoms. The Morgan fingerprint density at radius 3 is 2.50 bits per heavy atom. The summed E-state index contributed by atoms with van der Waals surface area (Å²) in [5.74, 6) is -0.0650. The van der Waals surface area contributed by atoms with Crippen LogP contribution in [0.3, 0.4) is 0 Å². The zero-order valence-electron chi connectivity index (χ0n) is 14.4. The highest BCUT2D eigenvalue weighted by atomic mass is 32.1. The number of nitrogens with zero attached hydrogens (tertiary/aromatic N) is 1. The number of hydrogen-bond acceptors (Lipinski definition) is 3. The average Bonchev–Trinajstić information content (AvgIpc) is 3.07. The van der Waals surface area contributed by atoms with Crippen molar-refractivity contribution in [3.05, 3.63) is 88.9 Å². The van der Waals surface area contributed by atoms with Gasteiger partial charge in [-0.15, -0.1) is 11.3 Å². The van der Waals surface area contributed by atoms with E-state index in [1.54, 1.807) is 11.3 Å². The summed E-state index contributed by atoms with van der Waals surface area (Å²) < 4.78 is 0. The molecule has 0 unspecified atom stereocenters. The normalized spacial score (nSPS) is 10.8. The van der Waals surface area contributed by atoms with Crippen LogP contribution < -0.4 is 5.32 Å². The summed E-state index contributed by atoms with van der Waals surface area (Å²) in [6, 6.07) is 23.9. The lowest BCUT2D eigenvalue weighted by atomic mass is 10.1. The molecule has 0 aliphatic rings. The fourth-order valence-electron chi connectivity index (χ4n) is 2.89. The Morgan fingerprint density at radius 1 is 0.962 bits per heavy atom. The second kappa shape index (κ2) is 7.10. The van der Waals surface area contributed by atoms with E-state index >= 15 is 0 Å². The van der Waals surface area contributed by atoms with Crippen LogP contribution in [0.15, 0.2) is 72.8 Å². The summed E-state index contributed by atoms with van der Waals surface area (Å²) in [5.41, 5.74) is 2.74. The molecule has 4 aromatic rings. The molecule has 0 aliphatic heterocycles. The number of thiazole rings is 1. The predicted molar refractivity (Wildman–Crippen MR) is 107 cm³/mol. The van der Waals surface area contributed by atoms with Crippen LogP contribution in [0.4, 0.5) is 0 Å². The predicted octanol–water partition coefficient (Wildman–Crippen LogP) is 5.20. The highest BCUT2D eigenvalue weighted by Gasteiger charge is 2.11. The molecule has 1 N–H and O–H groups in total. The Labute approximate surface area is 156 Å². The smallest absolute Gasteiger partial charge is 0.251 e. The highest BCUT2D eigenvalue weighted by molar-refractivity contribution is 7.15. The zero-order valence-corrected chi connectivity index (χ0v) is 15.2. The van der Waals surface area contributed by atoms with Crippen molar-refractivity contribution in [1.82, 2.24) is 10.3 Å². The molecule has 4 heteroatoms. The van der Waals surface area contributed by atoms with Crippen molar-refractivity contribution in [2.45, 2.75) is 13.5 Å². The highest BCUT2D eigenvalue weighted by Crippen LogP contribution is 2.27. The lowest BCUT2D eigenvalue weighted by molar-refractivity contribution is 0.0951. The first-order valence-electron chi connectivity index (χ1n) is 8.49. The molecule has 0 bridgehead atoms. The molecular weight excluding hydrogens is 340 g/mol. The maximum atomic E-state index is 12.5. The molecular formula is C22H18N2OS. The van der Waals surface area contributed by atoms with E-state index in [9.17, 15) is 4.79 Å². The van der Waals surface area contributed by atoms with Crippen LogP contribution in [-0.2, 0) is 6.54 Å². The van der Waals surface area contributed by atoms with Crippen molar-refractivity contribution in [3.8, 4) is 10.6 Å². The van der Waals surface area contributed by atoms with Crippen molar-refractivity contribution in [2.24, 2.45) is 0 Å². The van der Waals surface area contributed by atoms with Crippen LogP contribution in [0.1, 0.15) is 20.9 Å². The van der Waals surface area contributed by atoms with E-state index in [0.29, 0.717) is 12.1 Å². The number of rotatable bonds is 4.